The fraction of sp³-hybridized carbons (Fsp3) is 0.364. The molecule has 0 radical (unpaired) electrons. The first-order chi connectivity index (χ1) is 7.74. The smallest absolute Gasteiger partial charge is 0.224 e. The van der Waals surface area contributed by atoms with Crippen LogP contribution in [0.3, 0.4) is 0 Å². The summed E-state index contributed by atoms with van der Waals surface area (Å²) in [5, 5.41) is 3.62. The molecule has 0 fully saturated rings. The second kappa shape index (κ2) is 5.26. The van der Waals surface area contributed by atoms with Crippen molar-refractivity contribution >= 4 is 37.0 Å². The number of benzene rings is 1. The van der Waals surface area contributed by atoms with E-state index in [0.717, 1.165) is 23.0 Å². The number of carbonyl (C=O) groups is 1. The number of fused-ring (bicyclic) bond motifs is 1. The van der Waals surface area contributed by atoms with Crippen LogP contribution in [0.5, 0.6) is 0 Å². The van der Waals surface area contributed by atoms with Gasteiger partial charge in [-0.1, -0.05) is 28.1 Å². The Morgan fingerprint density at radius 3 is 3.00 bits per heavy atom. The number of carbonyl (C=O) groups excluding carboxylic acids is 1. The molecule has 0 saturated heterocycles. The molecule has 0 aromatic heterocycles. The van der Waals surface area contributed by atoms with E-state index in [1.165, 1.54) is 5.56 Å². The van der Waals surface area contributed by atoms with Gasteiger partial charge in [0.05, 0.1) is 6.10 Å². The third kappa shape index (κ3) is 2.45. The Labute approximate surface area is 105 Å². The van der Waals surface area contributed by atoms with Crippen LogP contribution >= 0.6 is 25.4 Å². The Morgan fingerprint density at radius 1 is 1.50 bits per heavy atom. The number of hydrogen-bond donors (Lipinski definition) is 1. The van der Waals surface area contributed by atoms with Crippen molar-refractivity contribution in [3.63, 3.8) is 0 Å². The number of aryl methyl sites for hydroxylation is 1. The number of anilines is 1. The van der Waals surface area contributed by atoms with Gasteiger partial charge in [-0.15, -0.1) is 0 Å². The van der Waals surface area contributed by atoms with Gasteiger partial charge in [-0.2, -0.15) is 0 Å². The maximum Gasteiger partial charge on any atom is 0.224 e. The van der Waals surface area contributed by atoms with Crippen LogP contribution in [0.2, 0.25) is 0 Å². The maximum atomic E-state index is 11.2. The largest absolute Gasteiger partial charge is 0.357 e. The van der Waals surface area contributed by atoms with Crippen LogP contribution in [-0.4, -0.2) is 11.2 Å². The van der Waals surface area contributed by atoms with Crippen LogP contribution in [-0.2, 0) is 15.7 Å². The van der Waals surface area contributed by atoms with E-state index in [4.69, 9.17) is 4.52 Å². The lowest BCUT2D eigenvalue weighted by Crippen LogP contribution is -2.19. The topological polar surface area (TPSA) is 38.3 Å². The maximum absolute atomic E-state index is 11.2. The summed E-state index contributed by atoms with van der Waals surface area (Å²) >= 11 is 3.41. The molecule has 1 aliphatic heterocycles. The molecule has 1 aromatic rings. The van der Waals surface area contributed by atoms with E-state index < -0.39 is 0 Å². The second-order valence-corrected chi connectivity index (χ2v) is 4.66. The van der Waals surface area contributed by atoms with Gasteiger partial charge in [0.25, 0.3) is 0 Å². The summed E-state index contributed by atoms with van der Waals surface area (Å²) in [6.45, 7) is 0. The van der Waals surface area contributed by atoms with Crippen molar-refractivity contribution in [2.24, 2.45) is 0 Å². The highest BCUT2D eigenvalue weighted by Gasteiger charge is 2.17. The number of alkyl halides is 1. The molecule has 3 nitrogen and oxygen atoms in total. The lowest BCUT2D eigenvalue weighted by molar-refractivity contribution is -0.116. The summed E-state index contributed by atoms with van der Waals surface area (Å²) < 4.78 is 5.28. The van der Waals surface area contributed by atoms with Gasteiger partial charge >= 0.3 is 0 Å². The number of nitrogens with one attached hydrogen (secondary N) is 1. The SMILES string of the molecule is O=C1CCc2cc(C(CBr)OP)ccc2N1. The molecule has 0 saturated carbocycles. The fourth-order valence-corrected chi connectivity index (χ4v) is 2.87. The van der Waals surface area contributed by atoms with Crippen molar-refractivity contribution in [1.82, 2.24) is 0 Å². The van der Waals surface area contributed by atoms with Crippen molar-refractivity contribution in [3.05, 3.63) is 29.3 Å². The average molecular weight is 302 g/mol. The molecule has 2 atom stereocenters. The Balaban J connectivity index is 2.28. The van der Waals surface area contributed by atoms with Gasteiger partial charge in [-0.25, -0.2) is 0 Å². The Bertz CT molecular complexity index is 407. The van der Waals surface area contributed by atoms with Gasteiger partial charge in [-0.05, 0) is 23.6 Å². The zero-order chi connectivity index (χ0) is 11.5. The van der Waals surface area contributed by atoms with Crippen molar-refractivity contribution in [2.75, 3.05) is 10.6 Å². The summed E-state index contributed by atoms with van der Waals surface area (Å²) in [5.41, 5.74) is 3.24. The number of amides is 1. The third-order valence-corrected chi connectivity index (χ3v) is 3.62. The Kier molecular flexibility index (Phi) is 3.95. The third-order valence-electron chi connectivity index (χ3n) is 2.70. The molecule has 1 amide bonds. The predicted octanol–water partition coefficient (Wildman–Crippen LogP) is 2.81. The molecule has 86 valence electrons. The van der Waals surface area contributed by atoms with Crippen molar-refractivity contribution < 1.29 is 9.32 Å². The molecule has 0 spiro atoms. The van der Waals surface area contributed by atoms with Crippen molar-refractivity contribution in [2.45, 2.75) is 18.9 Å². The Morgan fingerprint density at radius 2 is 2.31 bits per heavy atom. The van der Waals surface area contributed by atoms with Gasteiger partial charge in [0.15, 0.2) is 0 Å². The summed E-state index contributed by atoms with van der Waals surface area (Å²) in [5.74, 6) is 0.0968. The number of hydrogen-bond acceptors (Lipinski definition) is 2. The molecule has 0 bridgehead atoms. The molecule has 1 aromatic carbocycles. The van der Waals surface area contributed by atoms with Crippen LogP contribution in [0.25, 0.3) is 0 Å². The van der Waals surface area contributed by atoms with Crippen molar-refractivity contribution in [3.8, 4) is 0 Å². The zero-order valence-corrected chi connectivity index (χ0v) is 11.4. The lowest BCUT2D eigenvalue weighted by Gasteiger charge is -2.19. The van der Waals surface area contributed by atoms with E-state index in [-0.39, 0.29) is 12.0 Å². The summed E-state index contributed by atoms with van der Waals surface area (Å²) in [4.78, 5) is 11.2. The fourth-order valence-electron chi connectivity index (χ4n) is 1.81. The van der Waals surface area contributed by atoms with E-state index in [1.54, 1.807) is 0 Å². The van der Waals surface area contributed by atoms with E-state index >= 15 is 0 Å². The van der Waals surface area contributed by atoms with Crippen LogP contribution < -0.4 is 5.32 Å². The molecule has 0 aliphatic carbocycles. The van der Waals surface area contributed by atoms with Crippen LogP contribution in [0, 0.1) is 0 Å². The highest BCUT2D eigenvalue weighted by atomic mass is 79.9. The van der Waals surface area contributed by atoms with Crippen molar-refractivity contribution in [1.29, 1.82) is 0 Å². The molecule has 2 rings (SSSR count). The first kappa shape index (κ1) is 12.0. The highest BCUT2D eigenvalue weighted by Crippen LogP contribution is 2.29. The standard InChI is InChI=1S/C11H13BrNO2P/c12-6-10(15-16)8-1-3-9-7(5-8)2-4-11(14)13-9/h1,3,5,10H,2,4,6,16H2,(H,13,14). The second-order valence-electron chi connectivity index (χ2n) is 3.74. The summed E-state index contributed by atoms with van der Waals surface area (Å²) in [7, 11) is 2.29. The van der Waals surface area contributed by atoms with Crippen LogP contribution in [0.4, 0.5) is 5.69 Å². The highest BCUT2D eigenvalue weighted by molar-refractivity contribution is 9.09. The van der Waals surface area contributed by atoms with E-state index in [0.29, 0.717) is 6.42 Å². The average Bonchev–Trinajstić information content (AvgIpc) is 2.31. The van der Waals surface area contributed by atoms with Gasteiger partial charge in [0.2, 0.25) is 5.91 Å². The van der Waals surface area contributed by atoms with Gasteiger partial charge in [-0.3, -0.25) is 4.79 Å². The lowest BCUT2D eigenvalue weighted by atomic mass is 9.99. The molecule has 2 unspecified atom stereocenters. The summed E-state index contributed by atoms with van der Waals surface area (Å²) in [6.07, 6.45) is 1.41. The minimum Gasteiger partial charge on any atom is -0.357 e. The Hall–Kier alpha value is -0.440. The molecule has 5 heteroatoms. The molecular formula is C11H13BrNO2P. The zero-order valence-electron chi connectivity index (χ0n) is 8.70. The van der Waals surface area contributed by atoms with E-state index in [9.17, 15) is 4.79 Å². The molecule has 1 N–H and O–H groups in total. The van der Waals surface area contributed by atoms with Gasteiger partial charge in [0, 0.05) is 26.9 Å². The number of halogens is 1. The molecule has 16 heavy (non-hydrogen) atoms. The molecule has 1 aliphatic rings. The van der Waals surface area contributed by atoms with Gasteiger partial charge < -0.3 is 9.84 Å². The first-order valence-corrected chi connectivity index (χ1v) is 6.68. The minimum atomic E-state index is 0.0351. The first-order valence-electron chi connectivity index (χ1n) is 5.08. The molecule has 1 heterocycles. The predicted molar refractivity (Wildman–Crippen MR) is 70.7 cm³/mol. The van der Waals surface area contributed by atoms with Crippen LogP contribution in [0.15, 0.2) is 18.2 Å². The normalized spacial score (nSPS) is 16.5. The summed E-state index contributed by atoms with van der Waals surface area (Å²) in [6, 6.07) is 6.03. The molecular weight excluding hydrogens is 289 g/mol. The van der Waals surface area contributed by atoms with E-state index in [2.05, 4.69) is 36.8 Å². The van der Waals surface area contributed by atoms with E-state index in [1.807, 2.05) is 12.1 Å². The minimum absolute atomic E-state index is 0.0351. The van der Waals surface area contributed by atoms with Crippen LogP contribution in [0.1, 0.15) is 23.7 Å². The quantitative estimate of drug-likeness (QED) is 0.689. The monoisotopic (exact) mass is 301 g/mol. The van der Waals surface area contributed by atoms with Gasteiger partial charge in [0.1, 0.15) is 0 Å². The number of rotatable bonds is 3.